The van der Waals surface area contributed by atoms with Gasteiger partial charge >= 0.3 is 6.09 Å². The zero-order valence-corrected chi connectivity index (χ0v) is 19.2. The van der Waals surface area contributed by atoms with E-state index in [1.54, 1.807) is 4.90 Å². The normalized spacial score (nSPS) is 14.0. The van der Waals surface area contributed by atoms with Gasteiger partial charge in [0.2, 0.25) is 5.91 Å². The van der Waals surface area contributed by atoms with Crippen molar-refractivity contribution in [3.63, 3.8) is 0 Å². The Morgan fingerprint density at radius 2 is 1.50 bits per heavy atom. The van der Waals surface area contributed by atoms with E-state index in [0.29, 0.717) is 25.6 Å². The van der Waals surface area contributed by atoms with Gasteiger partial charge in [0.15, 0.2) is 0 Å². The second kappa shape index (κ2) is 12.9. The summed E-state index contributed by atoms with van der Waals surface area (Å²) >= 11 is 0. The highest BCUT2D eigenvalue weighted by atomic mass is 16.6. The van der Waals surface area contributed by atoms with Crippen molar-refractivity contribution >= 4 is 12.0 Å². The molecular weight excluding hydrogens is 400 g/mol. The first kappa shape index (κ1) is 23.8. The highest BCUT2D eigenvalue weighted by Gasteiger charge is 2.25. The standard InChI is InChI=1S/C27H36N2O3/c1-2-29(25-16-10-5-11-17-25)26(30)19-21-28(20-18-23-12-6-3-7-13-23)27(31)32-22-24-14-8-4-9-15-24/h3-4,6-9,12-15,25H,2,5,10-11,16-22H2,1H3. The molecule has 0 aromatic heterocycles. The molecule has 0 N–H and O–H groups in total. The van der Waals surface area contributed by atoms with Crippen LogP contribution in [0.15, 0.2) is 60.7 Å². The molecule has 0 radical (unpaired) electrons. The number of rotatable bonds is 10. The van der Waals surface area contributed by atoms with Crippen molar-refractivity contribution in [1.82, 2.24) is 9.80 Å². The molecule has 0 spiro atoms. The fourth-order valence-electron chi connectivity index (χ4n) is 4.42. The topological polar surface area (TPSA) is 49.9 Å². The molecule has 2 aromatic carbocycles. The highest BCUT2D eigenvalue weighted by Crippen LogP contribution is 2.23. The SMILES string of the molecule is CCN(C(=O)CCN(CCc1ccccc1)C(=O)OCc1ccccc1)C1CCCCC1. The van der Waals surface area contributed by atoms with Gasteiger partial charge in [0, 0.05) is 32.1 Å². The number of carbonyl (C=O) groups excluding carboxylic acids is 2. The second-order valence-corrected chi connectivity index (χ2v) is 8.48. The van der Waals surface area contributed by atoms with E-state index >= 15 is 0 Å². The minimum absolute atomic E-state index is 0.139. The Kier molecular flexibility index (Phi) is 9.60. The van der Waals surface area contributed by atoms with E-state index in [-0.39, 0.29) is 18.6 Å². The van der Waals surface area contributed by atoms with Crippen LogP contribution in [0.1, 0.15) is 56.6 Å². The van der Waals surface area contributed by atoms with Crippen LogP contribution in [-0.4, -0.2) is 47.5 Å². The van der Waals surface area contributed by atoms with Crippen LogP contribution in [0.3, 0.4) is 0 Å². The molecule has 2 amide bonds. The quantitative estimate of drug-likeness (QED) is 0.498. The zero-order valence-electron chi connectivity index (χ0n) is 19.2. The van der Waals surface area contributed by atoms with Crippen molar-refractivity contribution in [2.75, 3.05) is 19.6 Å². The molecular formula is C27H36N2O3. The summed E-state index contributed by atoms with van der Waals surface area (Å²) in [4.78, 5) is 29.6. The maximum absolute atomic E-state index is 13.0. The van der Waals surface area contributed by atoms with Crippen molar-refractivity contribution < 1.29 is 14.3 Å². The summed E-state index contributed by atoms with van der Waals surface area (Å²) in [6.45, 7) is 3.92. The summed E-state index contributed by atoms with van der Waals surface area (Å²) in [5.74, 6) is 0.139. The summed E-state index contributed by atoms with van der Waals surface area (Å²) in [5, 5.41) is 0. The lowest BCUT2D eigenvalue weighted by Gasteiger charge is -2.34. The number of hydrogen-bond donors (Lipinski definition) is 0. The third kappa shape index (κ3) is 7.40. The number of ether oxygens (including phenoxy) is 1. The zero-order chi connectivity index (χ0) is 22.6. The van der Waals surface area contributed by atoms with E-state index in [1.165, 1.54) is 19.3 Å². The van der Waals surface area contributed by atoms with Crippen LogP contribution >= 0.6 is 0 Å². The molecule has 172 valence electrons. The van der Waals surface area contributed by atoms with Crippen LogP contribution in [0, 0.1) is 0 Å². The number of benzene rings is 2. The van der Waals surface area contributed by atoms with E-state index in [2.05, 4.69) is 12.1 Å². The highest BCUT2D eigenvalue weighted by molar-refractivity contribution is 5.77. The van der Waals surface area contributed by atoms with E-state index in [1.807, 2.05) is 60.4 Å². The number of amides is 2. The van der Waals surface area contributed by atoms with Crippen LogP contribution in [0.25, 0.3) is 0 Å². The van der Waals surface area contributed by atoms with Gasteiger partial charge in [0.05, 0.1) is 0 Å². The fraction of sp³-hybridized carbons (Fsp3) is 0.481. The lowest BCUT2D eigenvalue weighted by atomic mass is 9.94. The predicted octanol–water partition coefficient (Wildman–Crippen LogP) is 5.44. The van der Waals surface area contributed by atoms with Gasteiger partial charge in [-0.1, -0.05) is 79.9 Å². The van der Waals surface area contributed by atoms with Crippen molar-refractivity contribution in [2.24, 2.45) is 0 Å². The lowest BCUT2D eigenvalue weighted by Crippen LogP contribution is -2.43. The Balaban J connectivity index is 1.58. The predicted molar refractivity (Wildman–Crippen MR) is 127 cm³/mol. The first-order valence-electron chi connectivity index (χ1n) is 12.0. The fourth-order valence-corrected chi connectivity index (χ4v) is 4.42. The molecule has 0 saturated heterocycles. The molecule has 1 saturated carbocycles. The molecule has 0 atom stereocenters. The van der Waals surface area contributed by atoms with E-state index < -0.39 is 0 Å². The maximum atomic E-state index is 13.0. The molecule has 0 bridgehead atoms. The molecule has 1 fully saturated rings. The minimum Gasteiger partial charge on any atom is -0.445 e. The number of nitrogens with zero attached hydrogens (tertiary/aromatic N) is 2. The van der Waals surface area contributed by atoms with Gasteiger partial charge in [0.25, 0.3) is 0 Å². The van der Waals surface area contributed by atoms with Gasteiger partial charge in [-0.2, -0.15) is 0 Å². The summed E-state index contributed by atoms with van der Waals surface area (Å²) < 4.78 is 5.58. The molecule has 32 heavy (non-hydrogen) atoms. The molecule has 2 aromatic rings. The third-order valence-corrected chi connectivity index (χ3v) is 6.25. The van der Waals surface area contributed by atoms with Crippen LogP contribution in [-0.2, 0) is 22.6 Å². The van der Waals surface area contributed by atoms with Gasteiger partial charge in [-0.3, -0.25) is 4.79 Å². The Bertz CT molecular complexity index is 819. The van der Waals surface area contributed by atoms with E-state index in [9.17, 15) is 9.59 Å². The molecule has 1 aliphatic carbocycles. The van der Waals surface area contributed by atoms with Crippen LogP contribution in [0.2, 0.25) is 0 Å². The third-order valence-electron chi connectivity index (χ3n) is 6.25. The first-order chi connectivity index (χ1) is 15.7. The Morgan fingerprint density at radius 3 is 2.12 bits per heavy atom. The van der Waals surface area contributed by atoms with Gasteiger partial charge in [-0.15, -0.1) is 0 Å². The molecule has 5 heteroatoms. The van der Waals surface area contributed by atoms with Crippen molar-refractivity contribution in [2.45, 2.75) is 64.5 Å². The Morgan fingerprint density at radius 1 is 0.875 bits per heavy atom. The summed E-state index contributed by atoms with van der Waals surface area (Å²) in [7, 11) is 0. The number of carbonyl (C=O) groups is 2. The smallest absolute Gasteiger partial charge is 0.410 e. The van der Waals surface area contributed by atoms with Gasteiger partial charge in [-0.25, -0.2) is 4.79 Å². The summed E-state index contributed by atoms with van der Waals surface area (Å²) in [6, 6.07) is 20.1. The second-order valence-electron chi connectivity index (χ2n) is 8.48. The Hall–Kier alpha value is -2.82. The summed E-state index contributed by atoms with van der Waals surface area (Å²) in [6.07, 6.45) is 6.55. The molecule has 5 nitrogen and oxygen atoms in total. The van der Waals surface area contributed by atoms with Crippen LogP contribution < -0.4 is 0 Å². The van der Waals surface area contributed by atoms with Crippen LogP contribution in [0.4, 0.5) is 4.79 Å². The molecule has 0 unspecified atom stereocenters. The van der Waals surface area contributed by atoms with Crippen molar-refractivity contribution in [1.29, 1.82) is 0 Å². The molecule has 3 rings (SSSR count). The minimum atomic E-state index is -0.363. The Labute approximate surface area is 192 Å². The summed E-state index contributed by atoms with van der Waals surface area (Å²) in [5.41, 5.74) is 2.12. The monoisotopic (exact) mass is 436 g/mol. The number of hydrogen-bond acceptors (Lipinski definition) is 3. The first-order valence-corrected chi connectivity index (χ1v) is 12.0. The van der Waals surface area contributed by atoms with Crippen molar-refractivity contribution in [3.05, 3.63) is 71.8 Å². The maximum Gasteiger partial charge on any atom is 0.410 e. The molecule has 0 heterocycles. The van der Waals surface area contributed by atoms with E-state index in [4.69, 9.17) is 4.74 Å². The average molecular weight is 437 g/mol. The lowest BCUT2D eigenvalue weighted by molar-refractivity contribution is -0.134. The average Bonchev–Trinajstić information content (AvgIpc) is 2.85. The molecule has 0 aliphatic heterocycles. The van der Waals surface area contributed by atoms with Crippen LogP contribution in [0.5, 0.6) is 0 Å². The van der Waals surface area contributed by atoms with Gasteiger partial charge in [-0.05, 0) is 37.3 Å². The largest absolute Gasteiger partial charge is 0.445 e. The van der Waals surface area contributed by atoms with E-state index in [0.717, 1.165) is 36.9 Å². The molecule has 1 aliphatic rings. The van der Waals surface area contributed by atoms with Gasteiger partial charge in [0.1, 0.15) is 6.61 Å². The van der Waals surface area contributed by atoms with Crippen molar-refractivity contribution in [3.8, 4) is 0 Å². The van der Waals surface area contributed by atoms with Gasteiger partial charge < -0.3 is 14.5 Å².